The highest BCUT2D eigenvalue weighted by Crippen LogP contribution is 2.39. The Bertz CT molecular complexity index is 2340. The molecule has 294 valence electrons. The SMILES string of the molecule is CC(C)Oc1cc2c(cc1NC(=O)c1cnn3cccnc13)CN(C1CCC(N3CCN(c4ccc5c(c4)C(=O)N(C4CCC(=O)NC4=O)C5=O)CC3)CC1)C2=O. The molecule has 2 aromatic carbocycles. The molecule has 4 aliphatic heterocycles. The monoisotopic (exact) mass is 773 g/mol. The smallest absolute Gasteiger partial charge is 0.262 e. The molecule has 9 rings (SSSR count). The van der Waals surface area contributed by atoms with Crippen LogP contribution < -0.4 is 20.3 Å². The summed E-state index contributed by atoms with van der Waals surface area (Å²) < 4.78 is 7.64. The normalized spacial score (nSPS) is 22.7. The zero-order valence-corrected chi connectivity index (χ0v) is 31.8. The molecule has 57 heavy (non-hydrogen) atoms. The number of nitrogens with one attached hydrogen (secondary N) is 2. The number of carbonyl (C=O) groups excluding carboxylic acids is 6. The molecule has 6 amide bonds. The number of fused-ring (bicyclic) bond motifs is 3. The number of rotatable bonds is 8. The van der Waals surface area contributed by atoms with Crippen LogP contribution in [0.25, 0.3) is 5.65 Å². The van der Waals surface area contributed by atoms with Crippen molar-refractivity contribution in [3.8, 4) is 5.75 Å². The van der Waals surface area contributed by atoms with Gasteiger partial charge in [0.15, 0.2) is 5.65 Å². The largest absolute Gasteiger partial charge is 0.489 e. The number of nitrogens with zero attached hydrogens (tertiary/aromatic N) is 7. The van der Waals surface area contributed by atoms with Crippen LogP contribution in [-0.4, -0.2) is 115 Å². The molecule has 16 nitrogen and oxygen atoms in total. The van der Waals surface area contributed by atoms with Gasteiger partial charge in [0, 0.05) is 74.9 Å². The minimum absolute atomic E-state index is 0.0184. The molecule has 0 radical (unpaired) electrons. The molecule has 0 spiro atoms. The molecule has 6 heterocycles. The van der Waals surface area contributed by atoms with Gasteiger partial charge >= 0.3 is 0 Å². The second kappa shape index (κ2) is 14.4. The summed E-state index contributed by atoms with van der Waals surface area (Å²) >= 11 is 0. The molecule has 3 fully saturated rings. The fourth-order valence-corrected chi connectivity index (χ4v) is 9.02. The highest BCUT2D eigenvalue weighted by Gasteiger charge is 2.45. The van der Waals surface area contributed by atoms with Gasteiger partial charge in [-0.15, -0.1) is 0 Å². The van der Waals surface area contributed by atoms with E-state index in [0.29, 0.717) is 40.8 Å². The number of hydrogen-bond donors (Lipinski definition) is 2. The second-order valence-electron chi connectivity index (χ2n) is 15.7. The Hall–Kier alpha value is -6.16. The predicted molar refractivity (Wildman–Crippen MR) is 206 cm³/mol. The Morgan fingerprint density at radius 3 is 2.39 bits per heavy atom. The van der Waals surface area contributed by atoms with Crippen LogP contribution >= 0.6 is 0 Å². The zero-order chi connectivity index (χ0) is 39.5. The van der Waals surface area contributed by atoms with Crippen LogP contribution in [0.4, 0.5) is 11.4 Å². The van der Waals surface area contributed by atoms with Crippen LogP contribution in [-0.2, 0) is 16.1 Å². The van der Waals surface area contributed by atoms with Crippen molar-refractivity contribution in [1.29, 1.82) is 0 Å². The van der Waals surface area contributed by atoms with Crippen molar-refractivity contribution in [2.75, 3.05) is 36.4 Å². The van der Waals surface area contributed by atoms with E-state index in [1.54, 1.807) is 41.2 Å². The van der Waals surface area contributed by atoms with E-state index < -0.39 is 29.7 Å². The van der Waals surface area contributed by atoms with E-state index in [4.69, 9.17) is 4.74 Å². The standard InChI is InChI=1S/C41H43N9O7/c1-23(2)57-34-20-29-24(18-32(34)44-37(52)31-21-43-49-13-3-12-42-36(31)49)22-48(39(29)54)26-6-4-25(5-7-26)46-14-16-47(17-15-46)27-8-9-28-30(19-27)41(56)50(40(28)55)33-10-11-35(51)45-38(33)53/h3,8-9,12-13,18-21,23,25-26,33H,4-7,10-11,14-17,22H2,1-2H3,(H,44,52)(H,45,51,53). The molecule has 2 aromatic heterocycles. The molecule has 1 saturated carbocycles. The van der Waals surface area contributed by atoms with Gasteiger partial charge in [0.2, 0.25) is 11.8 Å². The summed E-state index contributed by atoms with van der Waals surface area (Å²) in [5, 5.41) is 9.46. The first-order chi connectivity index (χ1) is 27.5. The van der Waals surface area contributed by atoms with Crippen LogP contribution in [0.2, 0.25) is 0 Å². The molecule has 1 atom stereocenters. The van der Waals surface area contributed by atoms with Crippen molar-refractivity contribution < 1.29 is 33.5 Å². The molecule has 5 aliphatic rings. The summed E-state index contributed by atoms with van der Waals surface area (Å²) in [5.41, 5.74) is 4.13. The lowest BCUT2D eigenvalue weighted by molar-refractivity contribution is -0.136. The van der Waals surface area contributed by atoms with E-state index in [1.165, 1.54) is 6.20 Å². The highest BCUT2D eigenvalue weighted by atomic mass is 16.5. The van der Waals surface area contributed by atoms with Crippen molar-refractivity contribution in [3.05, 3.63) is 82.8 Å². The number of anilines is 2. The molecular formula is C41H43N9O7. The molecule has 2 saturated heterocycles. The topological polar surface area (TPSA) is 179 Å². The van der Waals surface area contributed by atoms with Crippen molar-refractivity contribution in [1.82, 2.24) is 34.6 Å². The number of carbonyl (C=O) groups is 6. The maximum Gasteiger partial charge on any atom is 0.262 e. The predicted octanol–water partition coefficient (Wildman–Crippen LogP) is 3.26. The summed E-state index contributed by atoms with van der Waals surface area (Å²) in [7, 11) is 0. The Morgan fingerprint density at radius 2 is 1.63 bits per heavy atom. The highest BCUT2D eigenvalue weighted by molar-refractivity contribution is 6.23. The number of imide groups is 2. The average Bonchev–Trinajstić information content (AvgIpc) is 3.86. The van der Waals surface area contributed by atoms with Crippen molar-refractivity contribution in [2.45, 2.75) is 83.1 Å². The van der Waals surface area contributed by atoms with E-state index in [1.807, 2.05) is 30.9 Å². The molecule has 16 heteroatoms. The maximum atomic E-state index is 13.9. The molecule has 1 unspecified atom stereocenters. The number of ether oxygens (including phenoxy) is 1. The van der Waals surface area contributed by atoms with E-state index in [9.17, 15) is 28.8 Å². The first kappa shape index (κ1) is 36.5. The lowest BCUT2D eigenvalue weighted by Crippen LogP contribution is -2.54. The molecular weight excluding hydrogens is 731 g/mol. The second-order valence-corrected chi connectivity index (χ2v) is 15.7. The molecule has 0 bridgehead atoms. The third-order valence-electron chi connectivity index (χ3n) is 11.9. The van der Waals surface area contributed by atoms with Crippen molar-refractivity contribution >= 4 is 52.5 Å². The summed E-state index contributed by atoms with van der Waals surface area (Å²) in [5.74, 6) is -1.98. The minimum Gasteiger partial charge on any atom is -0.489 e. The van der Waals surface area contributed by atoms with Gasteiger partial charge in [-0.3, -0.25) is 43.9 Å². The minimum atomic E-state index is -0.992. The summed E-state index contributed by atoms with van der Waals surface area (Å²) in [6.45, 7) is 7.46. The molecule has 4 aromatic rings. The summed E-state index contributed by atoms with van der Waals surface area (Å²) in [6, 6.07) is 10.1. The van der Waals surface area contributed by atoms with Gasteiger partial charge in [-0.25, -0.2) is 9.50 Å². The summed E-state index contributed by atoms with van der Waals surface area (Å²) in [4.78, 5) is 89.9. The Kier molecular flexibility index (Phi) is 9.22. The number of benzene rings is 2. The number of amides is 6. The van der Waals surface area contributed by atoms with Crippen LogP contribution in [0.3, 0.4) is 0 Å². The van der Waals surface area contributed by atoms with Gasteiger partial charge in [0.1, 0.15) is 17.4 Å². The third-order valence-corrected chi connectivity index (χ3v) is 11.9. The molecule has 1 aliphatic carbocycles. The first-order valence-corrected chi connectivity index (χ1v) is 19.6. The Morgan fingerprint density at radius 1 is 0.877 bits per heavy atom. The van der Waals surface area contributed by atoms with E-state index in [0.717, 1.165) is 68.0 Å². The third kappa shape index (κ3) is 6.56. The zero-order valence-electron chi connectivity index (χ0n) is 31.8. The van der Waals surface area contributed by atoms with E-state index >= 15 is 0 Å². The van der Waals surface area contributed by atoms with Crippen LogP contribution in [0.5, 0.6) is 5.75 Å². The average molecular weight is 774 g/mol. The van der Waals surface area contributed by atoms with Crippen molar-refractivity contribution in [2.24, 2.45) is 0 Å². The first-order valence-electron chi connectivity index (χ1n) is 19.6. The lowest BCUT2D eigenvalue weighted by atomic mass is 9.89. The van der Waals surface area contributed by atoms with Crippen LogP contribution in [0, 0.1) is 0 Å². The van der Waals surface area contributed by atoms with Crippen molar-refractivity contribution in [3.63, 3.8) is 0 Å². The molecule has 2 N–H and O–H groups in total. The van der Waals surface area contributed by atoms with Gasteiger partial charge in [-0.2, -0.15) is 5.10 Å². The number of hydrogen-bond acceptors (Lipinski definition) is 11. The van der Waals surface area contributed by atoms with Gasteiger partial charge in [0.05, 0.1) is 29.1 Å². The number of piperidine rings is 1. The summed E-state index contributed by atoms with van der Waals surface area (Å²) in [6.07, 6.45) is 8.54. The fraction of sp³-hybridized carbons (Fsp3) is 0.415. The van der Waals surface area contributed by atoms with Gasteiger partial charge in [-0.05, 0) is 87.9 Å². The van der Waals surface area contributed by atoms with E-state index in [2.05, 4.69) is 30.5 Å². The van der Waals surface area contributed by atoms with Gasteiger partial charge < -0.3 is 19.9 Å². The number of piperazine rings is 1. The number of aromatic nitrogens is 3. The van der Waals surface area contributed by atoms with Crippen LogP contribution in [0.15, 0.2) is 55.0 Å². The van der Waals surface area contributed by atoms with Gasteiger partial charge in [-0.1, -0.05) is 0 Å². The van der Waals surface area contributed by atoms with Crippen LogP contribution in [0.1, 0.15) is 99.4 Å². The van der Waals surface area contributed by atoms with E-state index in [-0.39, 0.29) is 47.9 Å². The Balaban J connectivity index is 0.811. The van der Waals surface area contributed by atoms with Gasteiger partial charge in [0.25, 0.3) is 23.6 Å². The lowest BCUT2D eigenvalue weighted by Gasteiger charge is -2.43. The fourth-order valence-electron chi connectivity index (χ4n) is 9.02. The quantitative estimate of drug-likeness (QED) is 0.251. The maximum absolute atomic E-state index is 13.9. The Labute approximate surface area is 328 Å².